The molecule has 2 aromatic rings. The average Bonchev–Trinajstić information content (AvgIpc) is 3.09. The predicted octanol–water partition coefficient (Wildman–Crippen LogP) is 2.64. The van der Waals surface area contributed by atoms with Gasteiger partial charge < -0.3 is 15.7 Å². The van der Waals surface area contributed by atoms with Gasteiger partial charge >= 0.3 is 6.03 Å². The van der Waals surface area contributed by atoms with Crippen LogP contribution in [0.1, 0.15) is 38.8 Å². The lowest BCUT2D eigenvalue weighted by Gasteiger charge is -2.23. The van der Waals surface area contributed by atoms with Gasteiger partial charge in [-0.05, 0) is 43.0 Å². The number of aromatic nitrogens is 2. The summed E-state index contributed by atoms with van der Waals surface area (Å²) in [6, 6.07) is 9.42. The van der Waals surface area contributed by atoms with E-state index in [0.29, 0.717) is 6.42 Å². The van der Waals surface area contributed by atoms with Gasteiger partial charge in [-0.1, -0.05) is 26.0 Å². The van der Waals surface area contributed by atoms with Crippen molar-refractivity contribution in [2.45, 2.75) is 39.3 Å². The monoisotopic (exact) mass is 330 g/mol. The Balaban J connectivity index is 1.94. The number of rotatable bonds is 7. The molecule has 1 aromatic heterocycles. The highest BCUT2D eigenvalue weighted by Gasteiger charge is 2.17. The lowest BCUT2D eigenvalue weighted by atomic mass is 10.0. The average molecular weight is 330 g/mol. The maximum Gasteiger partial charge on any atom is 0.315 e. The van der Waals surface area contributed by atoms with Gasteiger partial charge in [0.05, 0.1) is 11.7 Å². The number of benzene rings is 1. The summed E-state index contributed by atoms with van der Waals surface area (Å²) in [5.41, 5.74) is 1.99. The highest BCUT2D eigenvalue weighted by Crippen LogP contribution is 2.15. The van der Waals surface area contributed by atoms with Crippen LogP contribution in [-0.4, -0.2) is 33.6 Å². The number of nitrogens with zero attached hydrogens (tertiary/aromatic N) is 2. The Morgan fingerprint density at radius 2 is 1.92 bits per heavy atom. The molecule has 3 N–H and O–H groups in total. The van der Waals surface area contributed by atoms with Gasteiger partial charge in [-0.3, -0.25) is 0 Å². The van der Waals surface area contributed by atoms with Crippen molar-refractivity contribution in [1.29, 1.82) is 0 Å². The van der Waals surface area contributed by atoms with Crippen molar-refractivity contribution in [3.63, 3.8) is 0 Å². The van der Waals surface area contributed by atoms with Crippen LogP contribution in [0.25, 0.3) is 5.69 Å². The molecule has 0 spiro atoms. The minimum absolute atomic E-state index is 0.0376. The third-order valence-electron chi connectivity index (χ3n) is 4.07. The molecule has 0 radical (unpaired) electrons. The number of aliphatic hydroxyl groups excluding tert-OH is 1. The number of nitrogens with one attached hydrogen (secondary N) is 2. The summed E-state index contributed by atoms with van der Waals surface area (Å²) < 4.78 is 1.79. The highest BCUT2D eigenvalue weighted by molar-refractivity contribution is 5.74. The Bertz CT molecular complexity index is 623. The first kappa shape index (κ1) is 18.0. The van der Waals surface area contributed by atoms with Gasteiger partial charge in [0, 0.05) is 25.0 Å². The molecule has 1 aromatic carbocycles. The maximum atomic E-state index is 12.2. The molecule has 2 unspecified atom stereocenters. The smallest absolute Gasteiger partial charge is 0.315 e. The van der Waals surface area contributed by atoms with Crippen molar-refractivity contribution < 1.29 is 9.90 Å². The van der Waals surface area contributed by atoms with Crippen LogP contribution in [0, 0.1) is 5.92 Å². The Labute approximate surface area is 142 Å². The van der Waals surface area contributed by atoms with E-state index < -0.39 is 0 Å². The molecule has 24 heavy (non-hydrogen) atoms. The Morgan fingerprint density at radius 3 is 2.46 bits per heavy atom. The second-order valence-corrected chi connectivity index (χ2v) is 6.24. The number of amides is 2. The topological polar surface area (TPSA) is 79.2 Å². The standard InChI is InChI=1S/C18H26N4O2/c1-13(2)17(9-12-23)21-18(24)20-14(3)15-5-7-16(8-6-15)22-11-4-10-19-22/h4-8,10-11,13-14,17,23H,9,12H2,1-3H3,(H2,20,21,24). The third kappa shape index (κ3) is 4.83. The molecule has 1 heterocycles. The van der Waals surface area contributed by atoms with Crippen LogP contribution >= 0.6 is 0 Å². The molecule has 6 heteroatoms. The molecule has 0 bridgehead atoms. The minimum atomic E-state index is -0.217. The molecular formula is C18H26N4O2. The summed E-state index contributed by atoms with van der Waals surface area (Å²) in [5, 5.41) is 19.1. The van der Waals surface area contributed by atoms with E-state index in [0.717, 1.165) is 11.3 Å². The first-order valence-corrected chi connectivity index (χ1v) is 8.29. The zero-order chi connectivity index (χ0) is 17.5. The van der Waals surface area contributed by atoms with E-state index in [1.165, 1.54) is 0 Å². The van der Waals surface area contributed by atoms with Crippen LogP contribution in [0.5, 0.6) is 0 Å². The van der Waals surface area contributed by atoms with Crippen molar-refractivity contribution in [2.75, 3.05) is 6.61 Å². The largest absolute Gasteiger partial charge is 0.396 e. The summed E-state index contributed by atoms with van der Waals surface area (Å²) in [7, 11) is 0. The normalized spacial score (nSPS) is 13.5. The number of carbonyl (C=O) groups is 1. The van der Waals surface area contributed by atoms with E-state index in [1.54, 1.807) is 10.9 Å². The first-order valence-electron chi connectivity index (χ1n) is 8.29. The zero-order valence-corrected chi connectivity index (χ0v) is 14.4. The van der Waals surface area contributed by atoms with Crippen LogP contribution in [-0.2, 0) is 0 Å². The Hall–Kier alpha value is -2.34. The minimum Gasteiger partial charge on any atom is -0.396 e. The molecule has 0 aliphatic heterocycles. The fourth-order valence-electron chi connectivity index (χ4n) is 2.54. The molecule has 2 atom stereocenters. The van der Waals surface area contributed by atoms with Crippen LogP contribution in [0.15, 0.2) is 42.7 Å². The predicted molar refractivity (Wildman–Crippen MR) is 94.0 cm³/mol. The van der Waals surface area contributed by atoms with Gasteiger partial charge in [-0.15, -0.1) is 0 Å². The van der Waals surface area contributed by atoms with Gasteiger partial charge in [0.15, 0.2) is 0 Å². The summed E-state index contributed by atoms with van der Waals surface area (Å²) in [5.74, 6) is 0.270. The fourth-order valence-corrected chi connectivity index (χ4v) is 2.54. The molecule has 6 nitrogen and oxygen atoms in total. The fraction of sp³-hybridized carbons (Fsp3) is 0.444. The van der Waals surface area contributed by atoms with Crippen molar-refractivity contribution in [3.8, 4) is 5.69 Å². The quantitative estimate of drug-likeness (QED) is 0.730. The maximum absolute atomic E-state index is 12.2. The van der Waals surface area contributed by atoms with Crippen molar-refractivity contribution >= 4 is 6.03 Å². The summed E-state index contributed by atoms with van der Waals surface area (Å²) in [6.07, 6.45) is 4.18. The second kappa shape index (κ2) is 8.49. The molecule has 2 rings (SSSR count). The molecule has 2 amide bonds. The first-order chi connectivity index (χ1) is 11.5. The molecule has 0 aliphatic carbocycles. The van der Waals surface area contributed by atoms with Crippen molar-refractivity contribution in [2.24, 2.45) is 5.92 Å². The van der Waals surface area contributed by atoms with E-state index in [-0.39, 0.29) is 30.6 Å². The van der Waals surface area contributed by atoms with Crippen molar-refractivity contribution in [1.82, 2.24) is 20.4 Å². The summed E-state index contributed by atoms with van der Waals surface area (Å²) in [6.45, 7) is 6.06. The van der Waals surface area contributed by atoms with E-state index in [9.17, 15) is 4.79 Å². The summed E-state index contributed by atoms with van der Waals surface area (Å²) >= 11 is 0. The molecule has 0 fully saturated rings. The van der Waals surface area contributed by atoms with Crippen LogP contribution < -0.4 is 10.6 Å². The third-order valence-corrected chi connectivity index (χ3v) is 4.07. The van der Waals surface area contributed by atoms with E-state index in [1.807, 2.05) is 57.3 Å². The van der Waals surface area contributed by atoms with E-state index in [2.05, 4.69) is 15.7 Å². The number of carbonyl (C=O) groups excluding carboxylic acids is 1. The lowest BCUT2D eigenvalue weighted by Crippen LogP contribution is -2.45. The lowest BCUT2D eigenvalue weighted by molar-refractivity contribution is 0.216. The Morgan fingerprint density at radius 1 is 1.21 bits per heavy atom. The van der Waals surface area contributed by atoms with Gasteiger partial charge in [0.2, 0.25) is 0 Å². The molecule has 0 saturated carbocycles. The molecular weight excluding hydrogens is 304 g/mol. The van der Waals surface area contributed by atoms with E-state index in [4.69, 9.17) is 5.11 Å². The zero-order valence-electron chi connectivity index (χ0n) is 14.4. The second-order valence-electron chi connectivity index (χ2n) is 6.24. The van der Waals surface area contributed by atoms with Crippen molar-refractivity contribution in [3.05, 3.63) is 48.3 Å². The molecule has 0 saturated heterocycles. The highest BCUT2D eigenvalue weighted by atomic mass is 16.3. The van der Waals surface area contributed by atoms with Gasteiger partial charge in [0.1, 0.15) is 0 Å². The van der Waals surface area contributed by atoms with Crippen LogP contribution in [0.3, 0.4) is 0 Å². The molecule has 0 aliphatic rings. The van der Waals surface area contributed by atoms with E-state index >= 15 is 0 Å². The van der Waals surface area contributed by atoms with Crippen LogP contribution in [0.4, 0.5) is 4.79 Å². The van der Waals surface area contributed by atoms with Gasteiger partial charge in [-0.25, -0.2) is 9.48 Å². The Kier molecular flexibility index (Phi) is 6.37. The number of aliphatic hydroxyl groups is 1. The van der Waals surface area contributed by atoms with Gasteiger partial charge in [-0.2, -0.15) is 5.10 Å². The summed E-state index contributed by atoms with van der Waals surface area (Å²) in [4.78, 5) is 12.2. The SMILES string of the molecule is CC(NC(=O)NC(CCO)C(C)C)c1ccc(-n2cccn2)cc1. The van der Waals surface area contributed by atoms with Gasteiger partial charge in [0.25, 0.3) is 0 Å². The number of hydrogen-bond donors (Lipinski definition) is 3. The number of hydrogen-bond acceptors (Lipinski definition) is 3. The van der Waals surface area contributed by atoms with Crippen LogP contribution in [0.2, 0.25) is 0 Å². The molecule has 130 valence electrons. The number of urea groups is 1.